The van der Waals surface area contributed by atoms with Crippen LogP contribution < -0.4 is 20.5 Å². The van der Waals surface area contributed by atoms with Crippen LogP contribution in [0.4, 0.5) is 5.69 Å². The maximum absolute atomic E-state index is 5.94. The van der Waals surface area contributed by atoms with Crippen LogP contribution >= 0.6 is 24.0 Å². The Bertz CT molecular complexity index is 688. The van der Waals surface area contributed by atoms with Gasteiger partial charge in [-0.3, -0.25) is 4.99 Å². The van der Waals surface area contributed by atoms with E-state index in [4.69, 9.17) is 15.2 Å². The molecule has 0 aliphatic rings. The fourth-order valence-corrected chi connectivity index (χ4v) is 2.39. The predicted molar refractivity (Wildman–Crippen MR) is 119 cm³/mol. The Morgan fingerprint density at radius 3 is 2.50 bits per heavy atom. The number of hydrogen-bond acceptors (Lipinski definition) is 3. The van der Waals surface area contributed by atoms with E-state index in [-0.39, 0.29) is 30.1 Å². The molecule has 0 amide bonds. The molecule has 0 bridgehead atoms. The Morgan fingerprint density at radius 1 is 1.12 bits per heavy atom. The molecule has 0 aromatic heterocycles. The number of methoxy groups -OCH3 is 1. The normalized spacial score (nSPS) is 11.0. The van der Waals surface area contributed by atoms with Crippen molar-refractivity contribution in [3.63, 3.8) is 0 Å². The summed E-state index contributed by atoms with van der Waals surface area (Å²) in [6, 6.07) is 15.8. The van der Waals surface area contributed by atoms with E-state index >= 15 is 0 Å². The zero-order valence-electron chi connectivity index (χ0n) is 15.6. The van der Waals surface area contributed by atoms with E-state index in [0.29, 0.717) is 12.5 Å². The monoisotopic (exact) mass is 469 g/mol. The van der Waals surface area contributed by atoms with E-state index in [0.717, 1.165) is 30.0 Å². The van der Waals surface area contributed by atoms with Crippen molar-refractivity contribution in [1.29, 1.82) is 0 Å². The lowest BCUT2D eigenvalue weighted by Gasteiger charge is -2.11. The van der Waals surface area contributed by atoms with Crippen molar-refractivity contribution in [2.75, 3.05) is 19.0 Å². The van der Waals surface area contributed by atoms with Gasteiger partial charge in [-0.1, -0.05) is 12.1 Å². The minimum absolute atomic E-state index is 0. The molecule has 2 aromatic rings. The summed E-state index contributed by atoms with van der Waals surface area (Å²) in [7, 11) is 1.68. The molecule has 3 N–H and O–H groups in total. The van der Waals surface area contributed by atoms with Gasteiger partial charge in [-0.15, -0.1) is 24.0 Å². The third-order valence-electron chi connectivity index (χ3n) is 3.54. The molecule has 0 atom stereocenters. The number of guanidine groups is 1. The number of benzene rings is 2. The molecule has 26 heavy (non-hydrogen) atoms. The van der Waals surface area contributed by atoms with Crippen LogP contribution in [0.5, 0.6) is 11.5 Å². The summed E-state index contributed by atoms with van der Waals surface area (Å²) in [5.74, 6) is 2.14. The first-order chi connectivity index (χ1) is 12.1. The van der Waals surface area contributed by atoms with Crippen LogP contribution in [0.1, 0.15) is 25.8 Å². The molecule has 6 heteroatoms. The molecule has 0 fully saturated rings. The van der Waals surface area contributed by atoms with E-state index < -0.39 is 0 Å². The lowest BCUT2D eigenvalue weighted by atomic mass is 10.1. The van der Waals surface area contributed by atoms with E-state index in [9.17, 15) is 0 Å². The number of halogens is 1. The number of aliphatic imine (C=N–C) groups is 1. The fourth-order valence-electron chi connectivity index (χ4n) is 2.39. The first-order valence-electron chi connectivity index (χ1n) is 8.53. The van der Waals surface area contributed by atoms with Crippen LogP contribution in [-0.2, 0) is 6.42 Å². The van der Waals surface area contributed by atoms with Gasteiger partial charge in [0, 0.05) is 12.2 Å². The molecule has 0 radical (unpaired) electrons. The minimum atomic E-state index is 0. The predicted octanol–water partition coefficient (Wildman–Crippen LogP) is 4.46. The summed E-state index contributed by atoms with van der Waals surface area (Å²) in [5, 5.41) is 3.09. The first kappa shape index (κ1) is 22.1. The number of aryl methyl sites for hydroxylation is 1. The van der Waals surface area contributed by atoms with Gasteiger partial charge in [0.15, 0.2) is 5.96 Å². The third-order valence-corrected chi connectivity index (χ3v) is 3.54. The molecule has 0 heterocycles. The first-order valence-corrected chi connectivity index (χ1v) is 8.53. The van der Waals surface area contributed by atoms with Crippen molar-refractivity contribution >= 4 is 35.6 Å². The maximum atomic E-state index is 5.94. The standard InChI is InChI=1S/C20H27N3O2.HI/c1-15(2)25-18-11-9-17(10-12-18)23-20(21)22-13-5-7-16-6-4-8-19(14-16)24-3;/h4,6,8-12,14-15H,5,7,13H2,1-3H3,(H3,21,22,23);1H. The molecular formula is C20H28IN3O2. The molecular weight excluding hydrogens is 441 g/mol. The second kappa shape index (κ2) is 11.6. The van der Waals surface area contributed by atoms with E-state index in [1.54, 1.807) is 7.11 Å². The summed E-state index contributed by atoms with van der Waals surface area (Å²) in [4.78, 5) is 4.37. The Kier molecular flexibility index (Phi) is 9.87. The lowest BCUT2D eigenvalue weighted by Crippen LogP contribution is -2.22. The van der Waals surface area contributed by atoms with Gasteiger partial charge in [0.2, 0.25) is 0 Å². The molecule has 0 spiro atoms. The van der Waals surface area contributed by atoms with Crippen molar-refractivity contribution in [1.82, 2.24) is 0 Å². The number of ether oxygens (including phenoxy) is 2. The quantitative estimate of drug-likeness (QED) is 0.259. The van der Waals surface area contributed by atoms with Crippen LogP contribution in [0, 0.1) is 0 Å². The molecule has 0 aliphatic carbocycles. The molecule has 0 saturated carbocycles. The molecule has 2 rings (SSSR count). The fraction of sp³-hybridized carbons (Fsp3) is 0.350. The van der Waals surface area contributed by atoms with Crippen LogP contribution in [-0.4, -0.2) is 25.7 Å². The Labute approximate surface area is 173 Å². The smallest absolute Gasteiger partial charge is 0.193 e. The number of hydrogen-bond donors (Lipinski definition) is 2. The summed E-state index contributed by atoms with van der Waals surface area (Å²) in [6.07, 6.45) is 2.03. The zero-order chi connectivity index (χ0) is 18.1. The van der Waals surface area contributed by atoms with Crippen LogP contribution in [0.3, 0.4) is 0 Å². The number of rotatable bonds is 8. The van der Waals surface area contributed by atoms with Gasteiger partial charge in [0.1, 0.15) is 11.5 Å². The molecule has 2 aromatic carbocycles. The summed E-state index contributed by atoms with van der Waals surface area (Å²) in [5.41, 5.74) is 8.07. The largest absolute Gasteiger partial charge is 0.497 e. The summed E-state index contributed by atoms with van der Waals surface area (Å²) < 4.78 is 10.8. The molecule has 0 saturated heterocycles. The zero-order valence-corrected chi connectivity index (χ0v) is 17.9. The highest BCUT2D eigenvalue weighted by atomic mass is 127. The second-order valence-corrected chi connectivity index (χ2v) is 6.04. The SMILES string of the molecule is COc1cccc(CCCN=C(N)Nc2ccc(OC(C)C)cc2)c1.I. The van der Waals surface area contributed by atoms with Gasteiger partial charge in [-0.05, 0) is 68.7 Å². The van der Waals surface area contributed by atoms with Gasteiger partial charge in [-0.25, -0.2) is 0 Å². The molecule has 0 unspecified atom stereocenters. The highest BCUT2D eigenvalue weighted by Gasteiger charge is 2.00. The van der Waals surface area contributed by atoms with E-state index in [1.165, 1.54) is 5.56 Å². The Hall–Kier alpha value is -1.96. The average Bonchev–Trinajstić information content (AvgIpc) is 2.60. The molecule has 0 aliphatic heterocycles. The van der Waals surface area contributed by atoms with Gasteiger partial charge in [0.25, 0.3) is 0 Å². The summed E-state index contributed by atoms with van der Waals surface area (Å²) in [6.45, 7) is 4.68. The lowest BCUT2D eigenvalue weighted by molar-refractivity contribution is 0.242. The van der Waals surface area contributed by atoms with Gasteiger partial charge in [0.05, 0.1) is 13.2 Å². The third kappa shape index (κ3) is 7.95. The van der Waals surface area contributed by atoms with Gasteiger partial charge in [-0.2, -0.15) is 0 Å². The van der Waals surface area contributed by atoms with Gasteiger partial charge >= 0.3 is 0 Å². The highest BCUT2D eigenvalue weighted by molar-refractivity contribution is 14.0. The van der Waals surface area contributed by atoms with Crippen LogP contribution in [0.2, 0.25) is 0 Å². The van der Waals surface area contributed by atoms with Crippen molar-refractivity contribution in [3.8, 4) is 11.5 Å². The summed E-state index contributed by atoms with van der Waals surface area (Å²) >= 11 is 0. The number of nitrogens with zero attached hydrogens (tertiary/aromatic N) is 1. The number of nitrogens with one attached hydrogen (secondary N) is 1. The van der Waals surface area contributed by atoms with Gasteiger partial charge < -0.3 is 20.5 Å². The van der Waals surface area contributed by atoms with Crippen molar-refractivity contribution in [3.05, 3.63) is 54.1 Å². The maximum Gasteiger partial charge on any atom is 0.193 e. The van der Waals surface area contributed by atoms with Crippen molar-refractivity contribution < 1.29 is 9.47 Å². The van der Waals surface area contributed by atoms with E-state index in [2.05, 4.69) is 16.4 Å². The number of anilines is 1. The average molecular weight is 469 g/mol. The molecule has 142 valence electrons. The van der Waals surface area contributed by atoms with Crippen LogP contribution in [0.25, 0.3) is 0 Å². The topological polar surface area (TPSA) is 68.9 Å². The number of nitrogens with two attached hydrogens (primary N) is 1. The van der Waals surface area contributed by atoms with Crippen molar-refractivity contribution in [2.24, 2.45) is 10.7 Å². The Balaban J connectivity index is 0.00000338. The van der Waals surface area contributed by atoms with Crippen LogP contribution in [0.15, 0.2) is 53.5 Å². The highest BCUT2D eigenvalue weighted by Crippen LogP contribution is 2.17. The molecule has 5 nitrogen and oxygen atoms in total. The minimum Gasteiger partial charge on any atom is -0.497 e. The second-order valence-electron chi connectivity index (χ2n) is 6.04. The van der Waals surface area contributed by atoms with E-state index in [1.807, 2.05) is 56.3 Å². The Morgan fingerprint density at radius 2 is 1.85 bits per heavy atom. The van der Waals surface area contributed by atoms with Crippen molar-refractivity contribution in [2.45, 2.75) is 32.8 Å².